The molecule has 68 valence electrons. The number of hydrogen-bond donors (Lipinski definition) is 0. The van der Waals surface area contributed by atoms with Crippen LogP contribution < -0.4 is 4.74 Å². The topological polar surface area (TPSA) is 22.1 Å². The van der Waals surface area contributed by atoms with E-state index in [4.69, 9.17) is 4.74 Å². The Balaban J connectivity index is 0.000000561. The summed E-state index contributed by atoms with van der Waals surface area (Å²) in [5, 5.41) is 0. The molecule has 0 amide bonds. The second-order valence-corrected chi connectivity index (χ2v) is 2.05. The van der Waals surface area contributed by atoms with Crippen molar-refractivity contribution in [3.8, 4) is 5.88 Å². The molecule has 0 saturated carbocycles. The van der Waals surface area contributed by atoms with Crippen molar-refractivity contribution < 1.29 is 4.74 Å². The van der Waals surface area contributed by atoms with Crippen molar-refractivity contribution in [3.63, 3.8) is 0 Å². The molecule has 0 aromatic carbocycles. The number of aromatic nitrogens is 1. The lowest BCUT2D eigenvalue weighted by molar-refractivity contribution is 0.326. The summed E-state index contributed by atoms with van der Waals surface area (Å²) in [4.78, 5) is 4.14. The zero-order chi connectivity index (χ0) is 9.40. The maximum atomic E-state index is 5.18. The van der Waals surface area contributed by atoms with Crippen LogP contribution in [0.2, 0.25) is 0 Å². The fourth-order valence-electron chi connectivity index (χ4n) is 0.746. The van der Waals surface area contributed by atoms with E-state index in [1.807, 2.05) is 45.9 Å². The summed E-state index contributed by atoms with van der Waals surface area (Å²) >= 11 is 0. The summed E-state index contributed by atoms with van der Waals surface area (Å²) < 4.78 is 5.18. The average molecular weight is 167 g/mol. The van der Waals surface area contributed by atoms with Gasteiger partial charge < -0.3 is 4.74 Å². The highest BCUT2D eigenvalue weighted by Crippen LogP contribution is 2.05. The number of rotatable bonds is 2. The van der Waals surface area contributed by atoms with E-state index in [2.05, 4.69) is 4.98 Å². The molecular formula is C10H17NO. The number of nitrogens with zero attached hydrogens (tertiary/aromatic N) is 1. The van der Waals surface area contributed by atoms with Crippen LogP contribution in [-0.4, -0.2) is 11.6 Å². The van der Waals surface area contributed by atoms with E-state index in [0.717, 1.165) is 5.69 Å². The highest BCUT2D eigenvalue weighted by atomic mass is 16.5. The van der Waals surface area contributed by atoms with Crippen molar-refractivity contribution >= 4 is 0 Å². The van der Waals surface area contributed by atoms with E-state index in [0.29, 0.717) is 12.5 Å². The minimum Gasteiger partial charge on any atom is -0.478 e. The molecule has 12 heavy (non-hydrogen) atoms. The Bertz CT molecular complexity index is 211. The van der Waals surface area contributed by atoms with E-state index in [-0.39, 0.29) is 0 Å². The maximum absolute atomic E-state index is 5.18. The van der Waals surface area contributed by atoms with Gasteiger partial charge >= 0.3 is 0 Å². The summed E-state index contributed by atoms with van der Waals surface area (Å²) in [6.07, 6.45) is 0. The first-order valence-electron chi connectivity index (χ1n) is 4.39. The lowest BCUT2D eigenvalue weighted by Crippen LogP contribution is -1.94. The Morgan fingerprint density at radius 2 is 2.00 bits per heavy atom. The minimum absolute atomic E-state index is 0.677. The van der Waals surface area contributed by atoms with Gasteiger partial charge in [0.05, 0.1) is 6.61 Å². The molecule has 0 bridgehead atoms. The molecule has 0 radical (unpaired) electrons. The van der Waals surface area contributed by atoms with Crippen LogP contribution in [0.1, 0.15) is 26.5 Å². The molecule has 0 aliphatic rings. The molecule has 0 saturated heterocycles. The minimum atomic E-state index is 0.677. The van der Waals surface area contributed by atoms with Crippen molar-refractivity contribution in [3.05, 3.63) is 23.9 Å². The summed E-state index contributed by atoms with van der Waals surface area (Å²) in [7, 11) is 0. The molecule has 1 heterocycles. The summed E-state index contributed by atoms with van der Waals surface area (Å²) in [6, 6.07) is 5.74. The molecule has 0 spiro atoms. The van der Waals surface area contributed by atoms with Gasteiger partial charge in [0.1, 0.15) is 0 Å². The van der Waals surface area contributed by atoms with Crippen LogP contribution in [0.4, 0.5) is 0 Å². The van der Waals surface area contributed by atoms with Crippen LogP contribution in [0, 0.1) is 6.92 Å². The second-order valence-electron chi connectivity index (χ2n) is 2.05. The molecule has 0 aliphatic heterocycles. The van der Waals surface area contributed by atoms with Gasteiger partial charge in [0.2, 0.25) is 5.88 Å². The van der Waals surface area contributed by atoms with E-state index in [1.54, 1.807) is 0 Å². The zero-order valence-corrected chi connectivity index (χ0v) is 8.29. The van der Waals surface area contributed by atoms with Crippen molar-refractivity contribution in [1.29, 1.82) is 0 Å². The summed E-state index contributed by atoms with van der Waals surface area (Å²) in [5.41, 5.74) is 0.992. The highest BCUT2D eigenvalue weighted by Gasteiger charge is 1.90. The van der Waals surface area contributed by atoms with Crippen molar-refractivity contribution in [1.82, 2.24) is 4.98 Å². The molecule has 0 unspecified atom stereocenters. The Morgan fingerprint density at radius 1 is 1.33 bits per heavy atom. The molecule has 0 aliphatic carbocycles. The van der Waals surface area contributed by atoms with Gasteiger partial charge in [-0.3, -0.25) is 0 Å². The molecule has 1 aromatic heterocycles. The fourth-order valence-corrected chi connectivity index (χ4v) is 0.746. The fraction of sp³-hybridized carbons (Fsp3) is 0.500. The maximum Gasteiger partial charge on any atom is 0.213 e. The Kier molecular flexibility index (Phi) is 6.07. The van der Waals surface area contributed by atoms with Crippen LogP contribution in [0.25, 0.3) is 0 Å². The standard InChI is InChI=1S/C8H11NO.C2H6/c1-3-10-8-6-4-5-7(2)9-8;1-2/h4-6H,3H2,1-2H3;1-2H3. The average Bonchev–Trinajstić information content (AvgIpc) is 2.09. The summed E-state index contributed by atoms with van der Waals surface area (Å²) in [5.74, 6) is 0.711. The molecule has 1 aromatic rings. The van der Waals surface area contributed by atoms with Gasteiger partial charge in [-0.2, -0.15) is 0 Å². The van der Waals surface area contributed by atoms with E-state index in [1.165, 1.54) is 0 Å². The predicted molar refractivity (Wildman–Crippen MR) is 51.5 cm³/mol. The molecule has 1 rings (SSSR count). The highest BCUT2D eigenvalue weighted by molar-refractivity contribution is 5.14. The zero-order valence-electron chi connectivity index (χ0n) is 8.29. The SMILES string of the molecule is CC.CCOc1cccc(C)n1. The largest absolute Gasteiger partial charge is 0.478 e. The first-order valence-corrected chi connectivity index (χ1v) is 4.39. The smallest absolute Gasteiger partial charge is 0.213 e. The lowest BCUT2D eigenvalue weighted by atomic mass is 10.4. The van der Waals surface area contributed by atoms with Gasteiger partial charge in [0.25, 0.3) is 0 Å². The third-order valence-electron chi connectivity index (χ3n) is 1.15. The molecule has 2 heteroatoms. The van der Waals surface area contributed by atoms with Crippen molar-refractivity contribution in [2.75, 3.05) is 6.61 Å². The quantitative estimate of drug-likeness (QED) is 0.675. The first kappa shape index (κ1) is 11.0. The number of hydrogen-bond acceptors (Lipinski definition) is 2. The summed E-state index contributed by atoms with van der Waals surface area (Å²) in [6.45, 7) is 8.57. The van der Waals surface area contributed by atoms with Crippen LogP contribution >= 0.6 is 0 Å². The molecule has 0 atom stereocenters. The third-order valence-corrected chi connectivity index (χ3v) is 1.15. The van der Waals surface area contributed by atoms with Gasteiger partial charge in [-0.25, -0.2) is 4.98 Å². The number of aryl methyl sites for hydroxylation is 1. The van der Waals surface area contributed by atoms with Gasteiger partial charge in [-0.1, -0.05) is 19.9 Å². The van der Waals surface area contributed by atoms with Crippen LogP contribution in [0.3, 0.4) is 0 Å². The normalized spacial score (nSPS) is 8.33. The van der Waals surface area contributed by atoms with Crippen LogP contribution in [0.5, 0.6) is 5.88 Å². The van der Waals surface area contributed by atoms with Gasteiger partial charge in [-0.05, 0) is 19.9 Å². The van der Waals surface area contributed by atoms with E-state index >= 15 is 0 Å². The first-order chi connectivity index (χ1) is 5.83. The molecule has 0 N–H and O–H groups in total. The molecule has 0 fully saturated rings. The van der Waals surface area contributed by atoms with Crippen molar-refractivity contribution in [2.45, 2.75) is 27.7 Å². The van der Waals surface area contributed by atoms with Crippen LogP contribution in [0.15, 0.2) is 18.2 Å². The third kappa shape index (κ3) is 3.96. The second kappa shape index (κ2) is 6.65. The number of pyridine rings is 1. The number of ether oxygens (including phenoxy) is 1. The Morgan fingerprint density at radius 3 is 2.50 bits per heavy atom. The van der Waals surface area contributed by atoms with E-state index < -0.39 is 0 Å². The molecular weight excluding hydrogens is 150 g/mol. The monoisotopic (exact) mass is 167 g/mol. The lowest BCUT2D eigenvalue weighted by Gasteiger charge is -2.00. The van der Waals surface area contributed by atoms with E-state index in [9.17, 15) is 0 Å². The van der Waals surface area contributed by atoms with Gasteiger partial charge in [0, 0.05) is 11.8 Å². The molecule has 2 nitrogen and oxygen atoms in total. The Hall–Kier alpha value is -1.05. The van der Waals surface area contributed by atoms with Gasteiger partial charge in [-0.15, -0.1) is 0 Å². The van der Waals surface area contributed by atoms with Crippen LogP contribution in [-0.2, 0) is 0 Å². The Labute approximate surface area is 74.6 Å². The predicted octanol–water partition coefficient (Wildman–Crippen LogP) is 2.81. The van der Waals surface area contributed by atoms with Crippen molar-refractivity contribution in [2.24, 2.45) is 0 Å². The van der Waals surface area contributed by atoms with Gasteiger partial charge in [0.15, 0.2) is 0 Å².